The summed E-state index contributed by atoms with van der Waals surface area (Å²) in [5, 5.41) is 13.6. The van der Waals surface area contributed by atoms with Crippen LogP contribution in [0.3, 0.4) is 0 Å². The van der Waals surface area contributed by atoms with Gasteiger partial charge in [-0.3, -0.25) is 0 Å². The molecule has 0 aromatic heterocycles. The molecule has 118 valence electrons. The predicted molar refractivity (Wildman–Crippen MR) is 76.0 cm³/mol. The average molecular weight is 307 g/mol. The second-order valence-electron chi connectivity index (χ2n) is 5.83. The molecule has 0 radical (unpaired) electrons. The number of hydrogen-bond donors (Lipinski definition) is 3. The van der Waals surface area contributed by atoms with Crippen molar-refractivity contribution in [3.05, 3.63) is 0 Å². The first-order valence-electron chi connectivity index (χ1n) is 7.04. The first-order chi connectivity index (χ1) is 9.35. The topological polar surface area (TPSA) is 90.9 Å². The number of piperidine rings is 1. The molecule has 20 heavy (non-hydrogen) atoms. The summed E-state index contributed by atoms with van der Waals surface area (Å²) in [5.74, 6) is 0. The summed E-state index contributed by atoms with van der Waals surface area (Å²) in [6.45, 7) is 2.65. The zero-order valence-electron chi connectivity index (χ0n) is 12.1. The van der Waals surface area contributed by atoms with Crippen molar-refractivity contribution < 1.29 is 18.3 Å². The minimum atomic E-state index is -3.25. The van der Waals surface area contributed by atoms with Crippen molar-refractivity contribution in [2.45, 2.75) is 37.1 Å². The van der Waals surface area contributed by atoms with Crippen LogP contribution in [-0.2, 0) is 14.8 Å². The van der Waals surface area contributed by atoms with Crippen LogP contribution < -0.4 is 10.0 Å². The number of rotatable bonds is 5. The fourth-order valence-corrected chi connectivity index (χ4v) is 3.19. The maximum absolute atomic E-state index is 11.1. The van der Waals surface area contributed by atoms with Crippen LogP contribution in [0, 0.1) is 0 Å². The smallest absolute Gasteiger partial charge is 0.208 e. The van der Waals surface area contributed by atoms with Crippen molar-refractivity contribution in [3.63, 3.8) is 0 Å². The molecule has 0 unspecified atom stereocenters. The predicted octanol–water partition coefficient (Wildman–Crippen LogP) is -1.65. The van der Waals surface area contributed by atoms with E-state index < -0.39 is 22.2 Å². The molecule has 2 rings (SSSR count). The second-order valence-corrected chi connectivity index (χ2v) is 7.67. The first-order valence-corrected chi connectivity index (χ1v) is 8.93. The Balaban J connectivity index is 1.77. The van der Waals surface area contributed by atoms with Crippen molar-refractivity contribution in [3.8, 4) is 0 Å². The Bertz CT molecular complexity index is 409. The number of hydrogen-bond acceptors (Lipinski definition) is 6. The number of nitrogens with one attached hydrogen (secondary N) is 2. The zero-order valence-corrected chi connectivity index (χ0v) is 12.9. The monoisotopic (exact) mass is 307 g/mol. The third-order valence-corrected chi connectivity index (χ3v) is 4.69. The number of aliphatic hydroxyl groups is 1. The Labute approximate surface area is 120 Å². The van der Waals surface area contributed by atoms with Gasteiger partial charge in [0.25, 0.3) is 0 Å². The number of ether oxygens (including phenoxy) is 1. The summed E-state index contributed by atoms with van der Waals surface area (Å²) in [7, 11) is -1.15. The normalized spacial score (nSPS) is 33.6. The quantitative estimate of drug-likeness (QED) is 0.564. The van der Waals surface area contributed by atoms with Gasteiger partial charge in [-0.1, -0.05) is 0 Å². The fourth-order valence-electron chi connectivity index (χ4n) is 2.72. The molecule has 3 N–H and O–H groups in total. The summed E-state index contributed by atoms with van der Waals surface area (Å²) in [5.41, 5.74) is 0. The van der Waals surface area contributed by atoms with Crippen LogP contribution in [0.5, 0.6) is 0 Å². The molecule has 0 aliphatic carbocycles. The van der Waals surface area contributed by atoms with E-state index in [0.29, 0.717) is 12.6 Å². The minimum Gasteiger partial charge on any atom is -0.389 e. The van der Waals surface area contributed by atoms with Gasteiger partial charge < -0.3 is 20.1 Å². The van der Waals surface area contributed by atoms with Crippen molar-refractivity contribution in [2.24, 2.45) is 0 Å². The molecule has 2 aliphatic rings. The highest BCUT2D eigenvalue weighted by Crippen LogP contribution is 2.17. The zero-order chi connectivity index (χ0) is 14.8. The van der Waals surface area contributed by atoms with Crippen molar-refractivity contribution in [1.82, 2.24) is 14.9 Å². The maximum atomic E-state index is 11.1. The van der Waals surface area contributed by atoms with E-state index in [4.69, 9.17) is 4.74 Å². The van der Waals surface area contributed by atoms with Gasteiger partial charge in [-0.2, -0.15) is 0 Å². The molecule has 2 saturated heterocycles. The van der Waals surface area contributed by atoms with Crippen LogP contribution in [0.15, 0.2) is 0 Å². The third kappa shape index (κ3) is 4.64. The van der Waals surface area contributed by atoms with Crippen LogP contribution in [0.2, 0.25) is 0 Å². The number of aliphatic hydroxyl groups excluding tert-OH is 1. The van der Waals surface area contributed by atoms with E-state index in [9.17, 15) is 13.5 Å². The van der Waals surface area contributed by atoms with Crippen molar-refractivity contribution in [1.29, 1.82) is 0 Å². The first kappa shape index (κ1) is 16.1. The van der Waals surface area contributed by atoms with Crippen LogP contribution in [0.4, 0.5) is 0 Å². The highest BCUT2D eigenvalue weighted by Gasteiger charge is 2.37. The van der Waals surface area contributed by atoms with Crippen LogP contribution in [-0.4, -0.2) is 82.3 Å². The fraction of sp³-hybridized carbons (Fsp3) is 1.00. The van der Waals surface area contributed by atoms with Gasteiger partial charge in [0.05, 0.1) is 31.1 Å². The van der Waals surface area contributed by atoms with Gasteiger partial charge in [0.1, 0.15) is 0 Å². The van der Waals surface area contributed by atoms with Gasteiger partial charge in [0.15, 0.2) is 0 Å². The van der Waals surface area contributed by atoms with E-state index >= 15 is 0 Å². The molecule has 0 aromatic carbocycles. The standard InChI is InChI=1S/C12H25N3O4S/c1-15-5-3-9(4-6-15)14-10-8-19-11(12(10)16)7-13-20(2,17)18/h9-14,16H,3-8H2,1-2H3/t10-,11-,12+/m1/s1. The number of nitrogens with zero attached hydrogens (tertiary/aromatic N) is 1. The molecule has 3 atom stereocenters. The molecule has 0 bridgehead atoms. The Morgan fingerprint density at radius 1 is 1.35 bits per heavy atom. The molecule has 8 heteroatoms. The lowest BCUT2D eigenvalue weighted by Crippen LogP contribution is -2.51. The van der Waals surface area contributed by atoms with E-state index in [1.165, 1.54) is 0 Å². The summed E-state index contributed by atoms with van der Waals surface area (Å²) in [6.07, 6.45) is 2.07. The summed E-state index contributed by atoms with van der Waals surface area (Å²) in [4.78, 5) is 2.29. The Morgan fingerprint density at radius 2 is 2.00 bits per heavy atom. The molecule has 0 saturated carbocycles. The van der Waals surface area contributed by atoms with Crippen molar-refractivity contribution in [2.75, 3.05) is 39.5 Å². The lowest BCUT2D eigenvalue weighted by Gasteiger charge is -2.32. The molecule has 2 fully saturated rings. The van der Waals surface area contributed by atoms with Gasteiger partial charge >= 0.3 is 0 Å². The lowest BCUT2D eigenvalue weighted by molar-refractivity contribution is 0.0437. The molecule has 7 nitrogen and oxygen atoms in total. The van der Waals surface area contributed by atoms with Gasteiger partial charge in [-0.05, 0) is 33.0 Å². The second kappa shape index (κ2) is 6.67. The van der Waals surface area contributed by atoms with E-state index in [-0.39, 0.29) is 12.6 Å². The summed E-state index contributed by atoms with van der Waals surface area (Å²) in [6, 6.07) is 0.283. The Hall–Kier alpha value is -0.250. The average Bonchev–Trinajstić information content (AvgIpc) is 2.70. The van der Waals surface area contributed by atoms with E-state index in [1.54, 1.807) is 0 Å². The molecular formula is C12H25N3O4S. The van der Waals surface area contributed by atoms with Gasteiger partial charge in [-0.15, -0.1) is 0 Å². The van der Waals surface area contributed by atoms with Crippen molar-refractivity contribution >= 4 is 10.0 Å². The van der Waals surface area contributed by atoms with E-state index in [1.807, 2.05) is 0 Å². The van der Waals surface area contributed by atoms with E-state index in [2.05, 4.69) is 22.0 Å². The molecule has 2 heterocycles. The Kier molecular flexibility index (Phi) is 5.38. The highest BCUT2D eigenvalue weighted by atomic mass is 32.2. The summed E-state index contributed by atoms with van der Waals surface area (Å²) >= 11 is 0. The SMILES string of the molecule is CN1CCC(N[C@@H]2CO[C@H](CNS(C)(=O)=O)[C@H]2O)CC1. The van der Waals surface area contributed by atoms with E-state index in [0.717, 1.165) is 32.2 Å². The third-order valence-electron chi connectivity index (χ3n) is 4.00. The molecule has 0 amide bonds. The van der Waals surface area contributed by atoms with Crippen LogP contribution in [0.1, 0.15) is 12.8 Å². The number of sulfonamides is 1. The minimum absolute atomic E-state index is 0.116. The summed E-state index contributed by atoms with van der Waals surface area (Å²) < 4.78 is 30.0. The maximum Gasteiger partial charge on any atom is 0.208 e. The van der Waals surface area contributed by atoms with Gasteiger partial charge in [-0.25, -0.2) is 13.1 Å². The van der Waals surface area contributed by atoms with Crippen LogP contribution in [0.25, 0.3) is 0 Å². The highest BCUT2D eigenvalue weighted by molar-refractivity contribution is 7.88. The largest absolute Gasteiger partial charge is 0.389 e. The molecule has 2 aliphatic heterocycles. The van der Waals surface area contributed by atoms with Crippen LogP contribution >= 0.6 is 0 Å². The molecule has 0 spiro atoms. The molecule has 0 aromatic rings. The molecular weight excluding hydrogens is 282 g/mol. The van der Waals surface area contributed by atoms with Gasteiger partial charge in [0, 0.05) is 12.6 Å². The Morgan fingerprint density at radius 3 is 2.60 bits per heavy atom. The number of likely N-dealkylation sites (tertiary alicyclic amines) is 1. The van der Waals surface area contributed by atoms with Gasteiger partial charge in [0.2, 0.25) is 10.0 Å². The lowest BCUT2D eigenvalue weighted by atomic mass is 10.0.